The quantitative estimate of drug-likeness (QED) is 0.666. The summed E-state index contributed by atoms with van der Waals surface area (Å²) in [7, 11) is 0. The van der Waals surface area contributed by atoms with Crippen molar-refractivity contribution in [1.82, 2.24) is 4.98 Å². The van der Waals surface area contributed by atoms with Gasteiger partial charge in [0.15, 0.2) is 5.17 Å². The molecule has 0 saturated carbocycles. The van der Waals surface area contributed by atoms with Crippen molar-refractivity contribution in [3.05, 3.63) is 60.4 Å². The van der Waals surface area contributed by atoms with Gasteiger partial charge in [0.2, 0.25) is 0 Å². The van der Waals surface area contributed by atoms with Crippen LogP contribution in [-0.4, -0.2) is 10.2 Å². The molecule has 2 N–H and O–H groups in total. The number of rotatable bonds is 3. The van der Waals surface area contributed by atoms with Gasteiger partial charge in [0.1, 0.15) is 0 Å². The molecule has 0 bridgehead atoms. The van der Waals surface area contributed by atoms with Gasteiger partial charge < -0.3 is 5.73 Å². The molecule has 0 aliphatic rings. The van der Waals surface area contributed by atoms with Gasteiger partial charge >= 0.3 is 0 Å². The average molecular weight is 243 g/mol. The topological polar surface area (TPSA) is 51.3 Å². The Labute approximate surface area is 105 Å². The first-order chi connectivity index (χ1) is 8.34. The highest BCUT2D eigenvalue weighted by molar-refractivity contribution is 8.13. The Morgan fingerprint density at radius 2 is 1.88 bits per heavy atom. The van der Waals surface area contributed by atoms with E-state index in [1.54, 1.807) is 6.20 Å². The number of para-hydroxylation sites is 1. The van der Waals surface area contributed by atoms with Gasteiger partial charge in [0.05, 0.1) is 11.4 Å². The molecular weight excluding hydrogens is 230 g/mol. The third-order valence-corrected chi connectivity index (χ3v) is 2.92. The molecule has 0 aliphatic heterocycles. The second kappa shape index (κ2) is 6.06. The molecule has 1 aromatic heterocycles. The van der Waals surface area contributed by atoms with Crippen molar-refractivity contribution in [3.8, 4) is 0 Å². The van der Waals surface area contributed by atoms with Crippen molar-refractivity contribution in [2.75, 3.05) is 0 Å². The van der Waals surface area contributed by atoms with Crippen molar-refractivity contribution in [3.63, 3.8) is 0 Å². The summed E-state index contributed by atoms with van der Waals surface area (Å²) >= 11 is 1.49. The molecule has 0 saturated heterocycles. The predicted octanol–water partition coefficient (Wildman–Crippen LogP) is 2.96. The van der Waals surface area contributed by atoms with E-state index in [2.05, 4.69) is 9.98 Å². The number of nitrogens with two attached hydrogens (primary N) is 1. The minimum atomic E-state index is 0.557. The first-order valence-corrected chi connectivity index (χ1v) is 6.25. The van der Waals surface area contributed by atoms with Crippen LogP contribution in [0.3, 0.4) is 0 Å². The minimum absolute atomic E-state index is 0.557. The first kappa shape index (κ1) is 11.7. The Hall–Kier alpha value is -1.81. The van der Waals surface area contributed by atoms with Crippen LogP contribution < -0.4 is 5.73 Å². The van der Waals surface area contributed by atoms with Gasteiger partial charge in [0.25, 0.3) is 0 Å². The van der Waals surface area contributed by atoms with Crippen LogP contribution in [0.5, 0.6) is 0 Å². The van der Waals surface area contributed by atoms with Crippen LogP contribution in [0.1, 0.15) is 5.69 Å². The number of aliphatic imine (C=N–C) groups is 1. The molecule has 2 aromatic rings. The Bertz CT molecular complexity index is 483. The molecule has 2 rings (SSSR count). The summed E-state index contributed by atoms with van der Waals surface area (Å²) in [5, 5.41) is 0.557. The lowest BCUT2D eigenvalue weighted by Crippen LogP contribution is -2.06. The smallest absolute Gasteiger partial charge is 0.159 e. The maximum atomic E-state index is 5.84. The van der Waals surface area contributed by atoms with Gasteiger partial charge in [-0.05, 0) is 24.3 Å². The molecule has 1 heterocycles. The van der Waals surface area contributed by atoms with Gasteiger partial charge in [-0.2, -0.15) is 0 Å². The van der Waals surface area contributed by atoms with E-state index < -0.39 is 0 Å². The van der Waals surface area contributed by atoms with E-state index >= 15 is 0 Å². The fraction of sp³-hybridized carbons (Fsp3) is 0.0769. The van der Waals surface area contributed by atoms with Gasteiger partial charge in [0, 0.05) is 11.9 Å². The zero-order valence-electron chi connectivity index (χ0n) is 9.28. The third kappa shape index (κ3) is 3.92. The van der Waals surface area contributed by atoms with Crippen LogP contribution in [0.15, 0.2) is 59.7 Å². The second-order valence-electron chi connectivity index (χ2n) is 3.40. The van der Waals surface area contributed by atoms with Crippen LogP contribution in [0, 0.1) is 0 Å². The number of amidine groups is 1. The van der Waals surface area contributed by atoms with Crippen LogP contribution >= 0.6 is 11.8 Å². The van der Waals surface area contributed by atoms with Gasteiger partial charge in [-0.3, -0.25) is 4.98 Å². The summed E-state index contributed by atoms with van der Waals surface area (Å²) in [6.07, 6.45) is 1.78. The number of nitrogens with zero attached hydrogens (tertiary/aromatic N) is 2. The normalized spacial score (nSPS) is 11.4. The zero-order chi connectivity index (χ0) is 11.9. The molecule has 1 aromatic carbocycles. The summed E-state index contributed by atoms with van der Waals surface area (Å²) in [6.45, 7) is 0. The lowest BCUT2D eigenvalue weighted by atomic mass is 10.3. The molecule has 86 valence electrons. The number of aromatic nitrogens is 1. The molecule has 0 atom stereocenters. The van der Waals surface area contributed by atoms with Gasteiger partial charge in [-0.15, -0.1) is 0 Å². The fourth-order valence-electron chi connectivity index (χ4n) is 1.29. The summed E-state index contributed by atoms with van der Waals surface area (Å²) in [4.78, 5) is 8.53. The molecule has 0 amide bonds. The van der Waals surface area contributed by atoms with Gasteiger partial charge in [-0.25, -0.2) is 4.99 Å². The SMILES string of the molecule is NC(=Nc1ccccc1)SCc1ccccn1. The van der Waals surface area contributed by atoms with E-state index in [4.69, 9.17) is 5.73 Å². The van der Waals surface area contributed by atoms with Crippen LogP contribution in [0.25, 0.3) is 0 Å². The van der Waals surface area contributed by atoms with Crippen molar-refractivity contribution in [2.24, 2.45) is 10.7 Å². The molecule has 3 nitrogen and oxygen atoms in total. The van der Waals surface area contributed by atoms with Crippen molar-refractivity contribution >= 4 is 22.6 Å². The summed E-state index contributed by atoms with van der Waals surface area (Å²) in [6, 6.07) is 15.5. The molecule has 0 fully saturated rings. The largest absolute Gasteiger partial charge is 0.378 e. The number of hydrogen-bond donors (Lipinski definition) is 1. The van der Waals surface area contributed by atoms with E-state index in [1.165, 1.54) is 11.8 Å². The lowest BCUT2D eigenvalue weighted by molar-refractivity contribution is 1.18. The molecule has 0 aliphatic carbocycles. The Kier molecular flexibility index (Phi) is 4.16. The molecule has 0 spiro atoms. The summed E-state index contributed by atoms with van der Waals surface area (Å²) < 4.78 is 0. The van der Waals surface area contributed by atoms with Crippen LogP contribution in [0.4, 0.5) is 5.69 Å². The molecule has 0 radical (unpaired) electrons. The first-order valence-electron chi connectivity index (χ1n) is 5.26. The average Bonchev–Trinajstić information content (AvgIpc) is 2.39. The van der Waals surface area contributed by atoms with Crippen molar-refractivity contribution in [1.29, 1.82) is 0 Å². The van der Waals surface area contributed by atoms with E-state index in [0.717, 1.165) is 17.1 Å². The number of benzene rings is 1. The number of hydrogen-bond acceptors (Lipinski definition) is 3. The molecule has 17 heavy (non-hydrogen) atoms. The summed E-state index contributed by atoms with van der Waals surface area (Å²) in [5.41, 5.74) is 7.72. The molecular formula is C13H13N3S. The standard InChI is InChI=1S/C13H13N3S/c14-13(16-11-6-2-1-3-7-11)17-10-12-8-4-5-9-15-12/h1-9H,10H2,(H2,14,16). The van der Waals surface area contributed by atoms with Crippen molar-refractivity contribution in [2.45, 2.75) is 5.75 Å². The highest BCUT2D eigenvalue weighted by Crippen LogP contribution is 2.15. The van der Waals surface area contributed by atoms with Crippen molar-refractivity contribution < 1.29 is 0 Å². The predicted molar refractivity (Wildman–Crippen MR) is 73.3 cm³/mol. The monoisotopic (exact) mass is 243 g/mol. The highest BCUT2D eigenvalue weighted by Gasteiger charge is 1.97. The molecule has 4 heteroatoms. The third-order valence-electron chi connectivity index (χ3n) is 2.09. The van der Waals surface area contributed by atoms with E-state index in [0.29, 0.717) is 5.17 Å². The Morgan fingerprint density at radius 3 is 2.59 bits per heavy atom. The molecule has 0 unspecified atom stereocenters. The van der Waals surface area contributed by atoms with Crippen LogP contribution in [0.2, 0.25) is 0 Å². The number of pyridine rings is 1. The second-order valence-corrected chi connectivity index (χ2v) is 4.39. The number of thioether (sulfide) groups is 1. The maximum Gasteiger partial charge on any atom is 0.159 e. The highest BCUT2D eigenvalue weighted by atomic mass is 32.2. The zero-order valence-corrected chi connectivity index (χ0v) is 10.1. The fourth-order valence-corrected chi connectivity index (χ4v) is 1.93. The summed E-state index contributed by atoms with van der Waals surface area (Å²) in [5.74, 6) is 0.739. The lowest BCUT2D eigenvalue weighted by Gasteiger charge is -2.00. The van der Waals surface area contributed by atoms with E-state index in [1.807, 2.05) is 48.5 Å². The van der Waals surface area contributed by atoms with Crippen LogP contribution in [-0.2, 0) is 5.75 Å². The van der Waals surface area contributed by atoms with Gasteiger partial charge in [-0.1, -0.05) is 36.0 Å². The maximum absolute atomic E-state index is 5.84. The Morgan fingerprint density at radius 1 is 1.12 bits per heavy atom. The van der Waals surface area contributed by atoms with E-state index in [-0.39, 0.29) is 0 Å². The van der Waals surface area contributed by atoms with E-state index in [9.17, 15) is 0 Å². The minimum Gasteiger partial charge on any atom is -0.378 e. The Balaban J connectivity index is 1.94.